The fourth-order valence-electron chi connectivity index (χ4n) is 3.13. The van der Waals surface area contributed by atoms with Crippen molar-refractivity contribution < 1.29 is 0 Å². The molecular formula is C13H13BrN2. The molecule has 1 heterocycles. The second-order valence-electron chi connectivity index (χ2n) is 5.21. The van der Waals surface area contributed by atoms with Crippen molar-refractivity contribution in [3.8, 4) is 0 Å². The Morgan fingerprint density at radius 3 is 2.81 bits per heavy atom. The Labute approximate surface area is 103 Å². The molecule has 0 spiro atoms. The quantitative estimate of drug-likeness (QED) is 0.843. The van der Waals surface area contributed by atoms with E-state index >= 15 is 0 Å². The number of benzene rings is 1. The fraction of sp³-hybridized carbons (Fsp3) is 0.462. The second kappa shape index (κ2) is 3.10. The van der Waals surface area contributed by atoms with Crippen LogP contribution < -0.4 is 0 Å². The van der Waals surface area contributed by atoms with Gasteiger partial charge in [-0.1, -0.05) is 15.9 Å². The molecule has 0 bridgehead atoms. The molecule has 1 aromatic heterocycles. The molecule has 1 N–H and O–H groups in total. The Bertz CT molecular complexity index is 550. The minimum absolute atomic E-state index is 0.690. The Kier molecular flexibility index (Phi) is 1.79. The zero-order chi connectivity index (χ0) is 10.7. The summed E-state index contributed by atoms with van der Waals surface area (Å²) in [6.45, 7) is 0. The summed E-state index contributed by atoms with van der Waals surface area (Å²) in [6.07, 6.45) is 4.18. The van der Waals surface area contributed by atoms with Crippen molar-refractivity contribution in [3.63, 3.8) is 0 Å². The van der Waals surface area contributed by atoms with Gasteiger partial charge in [-0.15, -0.1) is 0 Å². The number of fused-ring (bicyclic) bond motifs is 2. The molecule has 4 rings (SSSR count). The van der Waals surface area contributed by atoms with Crippen LogP contribution in [0.3, 0.4) is 0 Å². The second-order valence-corrected chi connectivity index (χ2v) is 6.12. The monoisotopic (exact) mass is 276 g/mol. The maximum absolute atomic E-state index is 4.71. The first-order valence-electron chi connectivity index (χ1n) is 5.95. The van der Waals surface area contributed by atoms with Crippen molar-refractivity contribution in [2.24, 2.45) is 11.8 Å². The highest BCUT2D eigenvalue weighted by Crippen LogP contribution is 2.57. The summed E-state index contributed by atoms with van der Waals surface area (Å²) >= 11 is 3.49. The Hall–Kier alpha value is -0.830. The third kappa shape index (κ3) is 1.34. The van der Waals surface area contributed by atoms with E-state index in [-0.39, 0.29) is 0 Å². The molecule has 2 aliphatic rings. The molecular weight excluding hydrogens is 264 g/mol. The van der Waals surface area contributed by atoms with Crippen LogP contribution in [0.1, 0.15) is 31.0 Å². The molecule has 0 aliphatic heterocycles. The lowest BCUT2D eigenvalue weighted by Crippen LogP contribution is -1.97. The van der Waals surface area contributed by atoms with E-state index in [1.165, 1.54) is 25.1 Å². The molecule has 2 saturated carbocycles. The number of nitrogens with one attached hydrogen (secondary N) is 1. The molecule has 3 heteroatoms. The smallest absolute Gasteiger partial charge is 0.110 e. The van der Waals surface area contributed by atoms with Crippen LogP contribution in [0.15, 0.2) is 22.7 Å². The molecule has 82 valence electrons. The normalized spacial score (nSPS) is 31.9. The first-order valence-corrected chi connectivity index (χ1v) is 6.74. The molecule has 1 aromatic carbocycles. The van der Waals surface area contributed by atoms with Gasteiger partial charge in [0.25, 0.3) is 0 Å². The van der Waals surface area contributed by atoms with E-state index in [9.17, 15) is 0 Å². The summed E-state index contributed by atoms with van der Waals surface area (Å²) in [5.74, 6) is 3.94. The lowest BCUT2D eigenvalue weighted by Gasteiger charge is -2.06. The summed E-state index contributed by atoms with van der Waals surface area (Å²) in [5.41, 5.74) is 2.25. The van der Waals surface area contributed by atoms with Crippen molar-refractivity contribution in [1.29, 1.82) is 0 Å². The van der Waals surface area contributed by atoms with Crippen LogP contribution >= 0.6 is 15.9 Å². The molecule has 2 atom stereocenters. The summed E-state index contributed by atoms with van der Waals surface area (Å²) in [7, 11) is 0. The van der Waals surface area contributed by atoms with Gasteiger partial charge in [-0.25, -0.2) is 4.98 Å². The maximum Gasteiger partial charge on any atom is 0.110 e. The number of rotatable bonds is 1. The highest BCUT2D eigenvalue weighted by molar-refractivity contribution is 9.10. The Morgan fingerprint density at radius 2 is 2.00 bits per heavy atom. The number of nitrogens with zero attached hydrogens (tertiary/aromatic N) is 1. The highest BCUT2D eigenvalue weighted by atomic mass is 79.9. The van der Waals surface area contributed by atoms with Crippen molar-refractivity contribution >= 4 is 27.0 Å². The zero-order valence-electron chi connectivity index (χ0n) is 8.91. The number of hydrogen-bond acceptors (Lipinski definition) is 1. The first-order chi connectivity index (χ1) is 7.79. The van der Waals surface area contributed by atoms with Crippen LogP contribution in [0.2, 0.25) is 0 Å². The van der Waals surface area contributed by atoms with Gasteiger partial charge in [-0.3, -0.25) is 0 Å². The summed E-state index contributed by atoms with van der Waals surface area (Å²) in [6, 6.07) is 6.25. The number of aromatic amines is 1. The SMILES string of the molecule is Brc1ccc2nc(C3CC4CC4C3)[nH]c2c1. The van der Waals surface area contributed by atoms with E-state index in [4.69, 9.17) is 4.98 Å². The summed E-state index contributed by atoms with van der Waals surface area (Å²) in [4.78, 5) is 8.19. The van der Waals surface area contributed by atoms with E-state index in [1.807, 2.05) is 0 Å². The van der Waals surface area contributed by atoms with E-state index in [0.717, 1.165) is 27.3 Å². The third-order valence-electron chi connectivity index (χ3n) is 4.09. The fourth-order valence-corrected chi connectivity index (χ4v) is 3.49. The van der Waals surface area contributed by atoms with Gasteiger partial charge in [0.1, 0.15) is 5.82 Å². The largest absolute Gasteiger partial charge is 0.342 e. The molecule has 0 radical (unpaired) electrons. The van der Waals surface area contributed by atoms with E-state index in [2.05, 4.69) is 39.1 Å². The maximum atomic E-state index is 4.71. The van der Waals surface area contributed by atoms with E-state index in [1.54, 1.807) is 0 Å². The van der Waals surface area contributed by atoms with Crippen molar-refractivity contribution in [3.05, 3.63) is 28.5 Å². The number of halogens is 1. The van der Waals surface area contributed by atoms with Crippen LogP contribution in [0.4, 0.5) is 0 Å². The zero-order valence-corrected chi connectivity index (χ0v) is 10.5. The predicted molar refractivity (Wildman–Crippen MR) is 67.4 cm³/mol. The van der Waals surface area contributed by atoms with Crippen LogP contribution in [0.5, 0.6) is 0 Å². The van der Waals surface area contributed by atoms with Gasteiger partial charge in [0, 0.05) is 10.4 Å². The number of aromatic nitrogens is 2. The number of imidazole rings is 1. The van der Waals surface area contributed by atoms with Gasteiger partial charge >= 0.3 is 0 Å². The van der Waals surface area contributed by atoms with E-state index < -0.39 is 0 Å². The lowest BCUT2D eigenvalue weighted by molar-refractivity contribution is 0.597. The van der Waals surface area contributed by atoms with Gasteiger partial charge in [0.05, 0.1) is 11.0 Å². The summed E-state index contributed by atoms with van der Waals surface area (Å²) in [5, 5.41) is 0. The van der Waals surface area contributed by atoms with Crippen LogP contribution in [0, 0.1) is 11.8 Å². The van der Waals surface area contributed by atoms with Crippen molar-refractivity contribution in [2.75, 3.05) is 0 Å². The minimum atomic E-state index is 0.690. The average molecular weight is 277 g/mol. The minimum Gasteiger partial charge on any atom is -0.342 e. The molecule has 2 fully saturated rings. The van der Waals surface area contributed by atoms with Crippen LogP contribution in [-0.2, 0) is 0 Å². The van der Waals surface area contributed by atoms with Gasteiger partial charge < -0.3 is 4.98 Å². The van der Waals surface area contributed by atoms with Crippen LogP contribution in [0.25, 0.3) is 11.0 Å². The van der Waals surface area contributed by atoms with Crippen molar-refractivity contribution in [2.45, 2.75) is 25.2 Å². The number of H-pyrrole nitrogens is 1. The van der Waals surface area contributed by atoms with Crippen LogP contribution in [-0.4, -0.2) is 9.97 Å². The Balaban J connectivity index is 1.75. The van der Waals surface area contributed by atoms with E-state index in [0.29, 0.717) is 5.92 Å². The molecule has 2 aliphatic carbocycles. The molecule has 2 aromatic rings. The van der Waals surface area contributed by atoms with Gasteiger partial charge in [-0.05, 0) is 49.3 Å². The highest BCUT2D eigenvalue weighted by Gasteiger charge is 2.46. The molecule has 16 heavy (non-hydrogen) atoms. The third-order valence-corrected chi connectivity index (χ3v) is 4.59. The first kappa shape index (κ1) is 9.23. The average Bonchev–Trinajstić information content (AvgIpc) is 2.75. The van der Waals surface area contributed by atoms with Crippen molar-refractivity contribution in [1.82, 2.24) is 9.97 Å². The standard InChI is InChI=1S/C13H13BrN2/c14-10-1-2-11-12(6-10)16-13(15-11)9-4-7-3-8(7)5-9/h1-2,6-9H,3-5H2,(H,15,16). The van der Waals surface area contributed by atoms with Gasteiger partial charge in [0.2, 0.25) is 0 Å². The molecule has 2 unspecified atom stereocenters. The Morgan fingerprint density at radius 1 is 1.19 bits per heavy atom. The van der Waals surface area contributed by atoms with Gasteiger partial charge in [-0.2, -0.15) is 0 Å². The topological polar surface area (TPSA) is 28.7 Å². The molecule has 0 amide bonds. The van der Waals surface area contributed by atoms with Gasteiger partial charge in [0.15, 0.2) is 0 Å². The molecule has 2 nitrogen and oxygen atoms in total. The number of hydrogen-bond donors (Lipinski definition) is 1. The predicted octanol–water partition coefficient (Wildman–Crippen LogP) is 3.84. The summed E-state index contributed by atoms with van der Waals surface area (Å²) < 4.78 is 1.12. The molecule has 0 saturated heterocycles. The lowest BCUT2D eigenvalue weighted by atomic mass is 10.0.